The Balaban J connectivity index is 1.83. The van der Waals surface area contributed by atoms with E-state index in [0.717, 1.165) is 5.56 Å². The third kappa shape index (κ3) is 5.74. The third-order valence-electron chi connectivity index (χ3n) is 3.68. The number of hydrogen-bond acceptors (Lipinski definition) is 6. The summed E-state index contributed by atoms with van der Waals surface area (Å²) in [5, 5.41) is 16.6. The molecule has 0 bridgehead atoms. The van der Waals surface area contributed by atoms with Crippen molar-refractivity contribution in [1.82, 2.24) is 5.32 Å². The molecule has 0 aliphatic carbocycles. The van der Waals surface area contributed by atoms with E-state index < -0.39 is 4.92 Å². The second kappa shape index (κ2) is 9.81. The summed E-state index contributed by atoms with van der Waals surface area (Å²) in [5.74, 6) is 0.919. The fraction of sp³-hybridized carbons (Fsp3) is 0.211. The Kier molecular flexibility index (Phi) is 7.18. The highest BCUT2D eigenvalue weighted by Gasteiger charge is 2.11. The molecule has 8 heteroatoms. The van der Waals surface area contributed by atoms with Gasteiger partial charge in [0, 0.05) is 25.2 Å². The highest BCUT2D eigenvalue weighted by atomic mass is 16.6. The molecule has 0 saturated heterocycles. The van der Waals surface area contributed by atoms with Crippen LogP contribution in [0.2, 0.25) is 0 Å². The lowest BCUT2D eigenvalue weighted by Crippen LogP contribution is -2.27. The van der Waals surface area contributed by atoms with Crippen molar-refractivity contribution in [3.05, 3.63) is 64.2 Å². The first-order chi connectivity index (χ1) is 13.0. The number of nitrogens with one attached hydrogen (secondary N) is 2. The van der Waals surface area contributed by atoms with Gasteiger partial charge in [0.2, 0.25) is 5.91 Å². The maximum atomic E-state index is 11.9. The van der Waals surface area contributed by atoms with Crippen LogP contribution in [0.4, 0.5) is 11.4 Å². The fourth-order valence-electron chi connectivity index (χ4n) is 2.35. The molecule has 2 N–H and O–H groups in total. The summed E-state index contributed by atoms with van der Waals surface area (Å²) in [6.45, 7) is 0.682. The van der Waals surface area contributed by atoms with Crippen molar-refractivity contribution in [1.29, 1.82) is 0 Å². The van der Waals surface area contributed by atoms with E-state index in [4.69, 9.17) is 9.47 Å². The predicted molar refractivity (Wildman–Crippen MR) is 103 cm³/mol. The Hall–Kier alpha value is -3.55. The normalized spacial score (nSPS) is 10.4. The number of anilines is 1. The molecule has 27 heavy (non-hydrogen) atoms. The molecular weight excluding hydrogens is 350 g/mol. The minimum Gasteiger partial charge on any atom is -0.493 e. The summed E-state index contributed by atoms with van der Waals surface area (Å²) in [5.41, 5.74) is 1.20. The fourth-order valence-corrected chi connectivity index (χ4v) is 2.35. The molecule has 0 aromatic heterocycles. The molecule has 2 aromatic rings. The highest BCUT2D eigenvalue weighted by molar-refractivity contribution is 5.91. The monoisotopic (exact) mass is 371 g/mol. The number of para-hydroxylation sites is 2. The molecule has 0 aliphatic heterocycles. The van der Waals surface area contributed by atoms with Crippen LogP contribution in [0.3, 0.4) is 0 Å². The van der Waals surface area contributed by atoms with Gasteiger partial charge in [0.25, 0.3) is 5.69 Å². The molecule has 2 rings (SSSR count). The quantitative estimate of drug-likeness (QED) is 0.304. The van der Waals surface area contributed by atoms with Crippen molar-refractivity contribution in [2.75, 3.05) is 32.6 Å². The van der Waals surface area contributed by atoms with Crippen molar-refractivity contribution >= 4 is 23.4 Å². The van der Waals surface area contributed by atoms with E-state index in [9.17, 15) is 14.9 Å². The molecular formula is C19H21N3O5. The molecule has 0 heterocycles. The summed E-state index contributed by atoms with van der Waals surface area (Å²) in [7, 11) is 3.10. The predicted octanol–water partition coefficient (Wildman–Crippen LogP) is 2.85. The molecule has 2 aromatic carbocycles. The maximum absolute atomic E-state index is 11.9. The van der Waals surface area contributed by atoms with Gasteiger partial charge in [-0.05, 0) is 29.8 Å². The number of benzene rings is 2. The van der Waals surface area contributed by atoms with Gasteiger partial charge in [-0.25, -0.2) is 0 Å². The number of nitro benzene ring substituents is 1. The van der Waals surface area contributed by atoms with Crippen LogP contribution >= 0.6 is 0 Å². The average Bonchev–Trinajstić information content (AvgIpc) is 2.69. The molecule has 1 amide bonds. The second-order valence-corrected chi connectivity index (χ2v) is 5.44. The summed E-state index contributed by atoms with van der Waals surface area (Å²) < 4.78 is 10.4. The number of methoxy groups -OCH3 is 2. The second-order valence-electron chi connectivity index (χ2n) is 5.44. The molecule has 0 atom stereocenters. The average molecular weight is 371 g/mol. The summed E-state index contributed by atoms with van der Waals surface area (Å²) >= 11 is 0. The number of nitrogens with zero attached hydrogens (tertiary/aromatic N) is 1. The molecule has 8 nitrogen and oxygen atoms in total. The summed E-state index contributed by atoms with van der Waals surface area (Å²) in [4.78, 5) is 22.4. The van der Waals surface area contributed by atoms with Gasteiger partial charge in [-0.15, -0.1) is 0 Å². The van der Waals surface area contributed by atoms with Gasteiger partial charge in [0.05, 0.1) is 19.1 Å². The SMILES string of the molecule is COc1ccc(/C=C/C(=O)NCCNc2ccccc2[N+](=O)[O-])cc1OC. The number of rotatable bonds is 9. The van der Waals surface area contributed by atoms with Crippen LogP contribution in [-0.4, -0.2) is 38.1 Å². The zero-order chi connectivity index (χ0) is 19.6. The molecule has 0 radical (unpaired) electrons. The van der Waals surface area contributed by atoms with Crippen LogP contribution in [0.5, 0.6) is 11.5 Å². The minimum absolute atomic E-state index is 0.00262. The zero-order valence-corrected chi connectivity index (χ0v) is 15.1. The molecule has 0 spiro atoms. The van der Waals surface area contributed by atoms with Crippen LogP contribution in [-0.2, 0) is 4.79 Å². The zero-order valence-electron chi connectivity index (χ0n) is 15.1. The smallest absolute Gasteiger partial charge is 0.292 e. The van der Waals surface area contributed by atoms with Crippen LogP contribution in [0, 0.1) is 10.1 Å². The number of amides is 1. The van der Waals surface area contributed by atoms with E-state index in [1.54, 1.807) is 56.7 Å². The molecule has 0 unspecified atom stereocenters. The van der Waals surface area contributed by atoms with Gasteiger partial charge in [0.1, 0.15) is 5.69 Å². The topological polar surface area (TPSA) is 103 Å². The van der Waals surface area contributed by atoms with E-state index in [1.165, 1.54) is 12.1 Å². The van der Waals surface area contributed by atoms with Crippen LogP contribution < -0.4 is 20.1 Å². The Morgan fingerprint density at radius 3 is 2.56 bits per heavy atom. The number of carbonyl (C=O) groups is 1. The first-order valence-electron chi connectivity index (χ1n) is 8.20. The van der Waals surface area contributed by atoms with Gasteiger partial charge in [-0.3, -0.25) is 14.9 Å². The van der Waals surface area contributed by atoms with E-state index in [1.807, 2.05) is 0 Å². The van der Waals surface area contributed by atoms with Gasteiger partial charge in [-0.2, -0.15) is 0 Å². The maximum Gasteiger partial charge on any atom is 0.292 e. The number of nitro groups is 1. The summed E-state index contributed by atoms with van der Waals surface area (Å²) in [6, 6.07) is 11.7. The molecule has 142 valence electrons. The number of carbonyl (C=O) groups excluding carboxylic acids is 1. The van der Waals surface area contributed by atoms with E-state index in [0.29, 0.717) is 30.3 Å². The highest BCUT2D eigenvalue weighted by Crippen LogP contribution is 2.28. The van der Waals surface area contributed by atoms with E-state index >= 15 is 0 Å². The van der Waals surface area contributed by atoms with Gasteiger partial charge < -0.3 is 20.1 Å². The van der Waals surface area contributed by atoms with Crippen LogP contribution in [0.1, 0.15) is 5.56 Å². The number of ether oxygens (including phenoxy) is 2. The Morgan fingerprint density at radius 1 is 1.11 bits per heavy atom. The lowest BCUT2D eigenvalue weighted by atomic mass is 10.2. The van der Waals surface area contributed by atoms with E-state index in [-0.39, 0.29) is 11.6 Å². The first kappa shape index (κ1) is 19.8. The standard InChI is InChI=1S/C19H21N3O5/c1-26-17-9-7-14(13-18(17)27-2)8-10-19(23)21-12-11-20-15-5-3-4-6-16(15)22(24)25/h3-10,13,20H,11-12H2,1-2H3,(H,21,23)/b10-8+. The van der Waals surface area contributed by atoms with Crippen LogP contribution in [0.15, 0.2) is 48.5 Å². The van der Waals surface area contributed by atoms with Crippen LogP contribution in [0.25, 0.3) is 6.08 Å². The molecule has 0 fully saturated rings. The van der Waals surface area contributed by atoms with Crippen molar-refractivity contribution in [3.8, 4) is 11.5 Å². The third-order valence-corrected chi connectivity index (χ3v) is 3.68. The minimum atomic E-state index is -0.452. The first-order valence-corrected chi connectivity index (χ1v) is 8.20. The molecule has 0 aliphatic rings. The Morgan fingerprint density at radius 2 is 1.85 bits per heavy atom. The van der Waals surface area contributed by atoms with Gasteiger partial charge >= 0.3 is 0 Å². The van der Waals surface area contributed by atoms with Crippen molar-refractivity contribution in [3.63, 3.8) is 0 Å². The summed E-state index contributed by atoms with van der Waals surface area (Å²) in [6.07, 6.45) is 3.07. The van der Waals surface area contributed by atoms with Gasteiger partial charge in [0.15, 0.2) is 11.5 Å². The lowest BCUT2D eigenvalue weighted by Gasteiger charge is -2.08. The van der Waals surface area contributed by atoms with Crippen molar-refractivity contribution in [2.24, 2.45) is 0 Å². The Bertz CT molecular complexity index is 836. The lowest BCUT2D eigenvalue weighted by molar-refractivity contribution is -0.384. The van der Waals surface area contributed by atoms with Crippen molar-refractivity contribution in [2.45, 2.75) is 0 Å². The Labute approximate surface area is 156 Å². The van der Waals surface area contributed by atoms with Gasteiger partial charge in [-0.1, -0.05) is 18.2 Å². The van der Waals surface area contributed by atoms with Crippen molar-refractivity contribution < 1.29 is 19.2 Å². The van der Waals surface area contributed by atoms with E-state index in [2.05, 4.69) is 10.6 Å². The molecule has 0 saturated carbocycles. The number of hydrogen-bond donors (Lipinski definition) is 2. The largest absolute Gasteiger partial charge is 0.493 e.